The first kappa shape index (κ1) is 11.8. The molecule has 0 aromatic rings. The second-order valence-electron chi connectivity index (χ2n) is 4.60. The Bertz CT molecular complexity index is 331. The number of terminal acetylenes is 1. The third-order valence-corrected chi connectivity index (χ3v) is 2.74. The summed E-state index contributed by atoms with van der Waals surface area (Å²) in [6, 6.07) is 0. The van der Waals surface area contributed by atoms with Crippen LogP contribution in [0, 0.1) is 24.2 Å². The molecule has 15 heavy (non-hydrogen) atoms. The Hall–Kier alpha value is -1.23. The predicted molar refractivity (Wildman–Crippen MR) is 60.0 cm³/mol. The molecule has 1 unspecified atom stereocenters. The zero-order chi connectivity index (χ0) is 11.6. The molecular weight excluding hydrogens is 188 g/mol. The molecule has 3 atom stereocenters. The van der Waals surface area contributed by atoms with Crippen LogP contribution >= 0.6 is 0 Å². The van der Waals surface area contributed by atoms with E-state index in [9.17, 15) is 4.79 Å². The normalized spacial score (nSPS) is 27.1. The summed E-state index contributed by atoms with van der Waals surface area (Å²) in [4.78, 5) is 10.9. The average Bonchev–Trinajstić information content (AvgIpc) is 2.82. The first-order valence-electron chi connectivity index (χ1n) is 5.21. The number of rotatable bonds is 3. The van der Waals surface area contributed by atoms with Gasteiger partial charge < -0.3 is 4.74 Å². The number of carbonyl (C=O) groups excluding carboxylic acids is 1. The second-order valence-corrected chi connectivity index (χ2v) is 4.60. The molecule has 1 fully saturated rings. The standard InChI is InChI=1S/C13H18O2/c1-6-13(5,15-10(4)14)12-8-11(12)7-9(2)3/h1,7,11-12H,8H2,2-5H3/t11-,12-,13?/m1/s1. The van der Waals surface area contributed by atoms with Crippen LogP contribution in [0.2, 0.25) is 0 Å². The quantitative estimate of drug-likeness (QED) is 0.403. The fraction of sp³-hybridized carbons (Fsp3) is 0.615. The molecule has 82 valence electrons. The summed E-state index contributed by atoms with van der Waals surface area (Å²) in [6.07, 6.45) is 8.65. The molecule has 0 radical (unpaired) electrons. The highest BCUT2D eigenvalue weighted by Crippen LogP contribution is 2.49. The van der Waals surface area contributed by atoms with Gasteiger partial charge in [-0.15, -0.1) is 6.42 Å². The van der Waals surface area contributed by atoms with Gasteiger partial charge in [0.15, 0.2) is 5.60 Å². The lowest BCUT2D eigenvalue weighted by molar-refractivity contribution is -0.151. The molecule has 2 heteroatoms. The summed E-state index contributed by atoms with van der Waals surface area (Å²) < 4.78 is 5.22. The van der Waals surface area contributed by atoms with Crippen molar-refractivity contribution in [2.24, 2.45) is 11.8 Å². The molecule has 1 aliphatic carbocycles. The van der Waals surface area contributed by atoms with Gasteiger partial charge in [0.05, 0.1) is 0 Å². The Balaban J connectivity index is 2.68. The maximum absolute atomic E-state index is 10.9. The number of hydrogen-bond donors (Lipinski definition) is 0. The van der Waals surface area contributed by atoms with Gasteiger partial charge in [0.1, 0.15) is 0 Å². The van der Waals surface area contributed by atoms with Gasteiger partial charge in [0, 0.05) is 12.8 Å². The SMILES string of the molecule is C#CC(C)(OC(C)=O)[C@@H]1C[C@H]1C=C(C)C. The van der Waals surface area contributed by atoms with E-state index in [1.54, 1.807) is 0 Å². The van der Waals surface area contributed by atoms with E-state index in [0.29, 0.717) is 5.92 Å². The summed E-state index contributed by atoms with van der Waals surface area (Å²) in [6.45, 7) is 7.34. The first-order chi connectivity index (χ1) is 6.89. The summed E-state index contributed by atoms with van der Waals surface area (Å²) in [5.41, 5.74) is 0.548. The Morgan fingerprint density at radius 3 is 2.53 bits per heavy atom. The monoisotopic (exact) mass is 206 g/mol. The lowest BCUT2D eigenvalue weighted by atomic mass is 9.99. The van der Waals surface area contributed by atoms with E-state index in [1.807, 2.05) is 6.92 Å². The molecule has 1 aliphatic rings. The number of ether oxygens (including phenoxy) is 1. The van der Waals surface area contributed by atoms with Crippen LogP contribution in [0.5, 0.6) is 0 Å². The topological polar surface area (TPSA) is 26.3 Å². The van der Waals surface area contributed by atoms with Gasteiger partial charge in [0.25, 0.3) is 0 Å². The maximum atomic E-state index is 10.9. The molecule has 1 saturated carbocycles. The molecule has 0 bridgehead atoms. The van der Waals surface area contributed by atoms with Gasteiger partial charge in [-0.1, -0.05) is 17.6 Å². The number of carbonyl (C=O) groups is 1. The third-order valence-electron chi connectivity index (χ3n) is 2.74. The van der Waals surface area contributed by atoms with E-state index in [2.05, 4.69) is 25.8 Å². The summed E-state index contributed by atoms with van der Waals surface area (Å²) in [7, 11) is 0. The lowest BCUT2D eigenvalue weighted by Gasteiger charge is -2.23. The molecular formula is C13H18O2. The molecule has 0 saturated heterocycles. The molecule has 0 aromatic carbocycles. The Morgan fingerprint density at radius 1 is 1.53 bits per heavy atom. The minimum atomic E-state index is -0.734. The zero-order valence-electron chi connectivity index (χ0n) is 9.83. The Kier molecular flexibility index (Phi) is 3.24. The highest BCUT2D eigenvalue weighted by Gasteiger charge is 2.50. The van der Waals surface area contributed by atoms with Crippen molar-refractivity contribution in [3.05, 3.63) is 11.6 Å². The molecule has 0 heterocycles. The van der Waals surface area contributed by atoms with Crippen molar-refractivity contribution in [2.45, 2.75) is 39.7 Å². The van der Waals surface area contributed by atoms with Crippen LogP contribution in [-0.2, 0) is 9.53 Å². The summed E-state index contributed by atoms with van der Waals surface area (Å²) in [5, 5.41) is 0. The number of esters is 1. The fourth-order valence-corrected chi connectivity index (χ4v) is 1.97. The van der Waals surface area contributed by atoms with E-state index in [-0.39, 0.29) is 11.9 Å². The molecule has 0 amide bonds. The van der Waals surface area contributed by atoms with Gasteiger partial charge in [-0.2, -0.15) is 0 Å². The van der Waals surface area contributed by atoms with Crippen LogP contribution < -0.4 is 0 Å². The second kappa shape index (κ2) is 4.10. The van der Waals surface area contributed by atoms with Crippen LogP contribution in [0.25, 0.3) is 0 Å². The van der Waals surface area contributed by atoms with Crippen LogP contribution in [0.15, 0.2) is 11.6 Å². The van der Waals surface area contributed by atoms with Gasteiger partial charge >= 0.3 is 5.97 Å². The van der Waals surface area contributed by atoms with Gasteiger partial charge in [-0.05, 0) is 33.1 Å². The summed E-state index contributed by atoms with van der Waals surface area (Å²) in [5.74, 6) is 3.04. The van der Waals surface area contributed by atoms with E-state index in [4.69, 9.17) is 11.2 Å². The van der Waals surface area contributed by atoms with E-state index in [0.717, 1.165) is 6.42 Å². The Labute approximate surface area is 91.7 Å². The van der Waals surface area contributed by atoms with Crippen molar-refractivity contribution in [2.75, 3.05) is 0 Å². The average molecular weight is 206 g/mol. The largest absolute Gasteiger partial charge is 0.446 e. The van der Waals surface area contributed by atoms with Crippen molar-refractivity contribution in [3.8, 4) is 12.3 Å². The van der Waals surface area contributed by atoms with Crippen LogP contribution in [0.1, 0.15) is 34.1 Å². The fourth-order valence-electron chi connectivity index (χ4n) is 1.97. The lowest BCUT2D eigenvalue weighted by Crippen LogP contribution is -2.32. The highest BCUT2D eigenvalue weighted by molar-refractivity contribution is 5.67. The van der Waals surface area contributed by atoms with E-state index < -0.39 is 5.60 Å². The van der Waals surface area contributed by atoms with Gasteiger partial charge in [0.2, 0.25) is 0 Å². The predicted octanol–water partition coefficient (Wildman–Crippen LogP) is 2.54. The van der Waals surface area contributed by atoms with E-state index >= 15 is 0 Å². The van der Waals surface area contributed by atoms with Crippen molar-refractivity contribution >= 4 is 5.97 Å². The van der Waals surface area contributed by atoms with Gasteiger partial charge in [-0.3, -0.25) is 4.79 Å². The first-order valence-corrected chi connectivity index (χ1v) is 5.21. The van der Waals surface area contributed by atoms with Crippen molar-refractivity contribution in [1.29, 1.82) is 0 Å². The third kappa shape index (κ3) is 2.86. The summed E-state index contributed by atoms with van der Waals surface area (Å²) >= 11 is 0. The van der Waals surface area contributed by atoms with Crippen LogP contribution in [0.4, 0.5) is 0 Å². The molecule has 0 N–H and O–H groups in total. The molecule has 0 aliphatic heterocycles. The molecule has 1 rings (SSSR count). The van der Waals surface area contributed by atoms with Crippen LogP contribution in [0.3, 0.4) is 0 Å². The van der Waals surface area contributed by atoms with Gasteiger partial charge in [-0.25, -0.2) is 0 Å². The van der Waals surface area contributed by atoms with Crippen molar-refractivity contribution in [3.63, 3.8) is 0 Å². The minimum absolute atomic E-state index is 0.279. The molecule has 0 spiro atoms. The number of allylic oxidation sites excluding steroid dienone is 2. The van der Waals surface area contributed by atoms with E-state index in [1.165, 1.54) is 12.5 Å². The molecule has 2 nitrogen and oxygen atoms in total. The smallest absolute Gasteiger partial charge is 0.304 e. The van der Waals surface area contributed by atoms with Crippen molar-refractivity contribution in [1.82, 2.24) is 0 Å². The molecule has 0 aromatic heterocycles. The Morgan fingerprint density at radius 2 is 2.13 bits per heavy atom. The minimum Gasteiger partial charge on any atom is -0.446 e. The van der Waals surface area contributed by atoms with Crippen molar-refractivity contribution < 1.29 is 9.53 Å². The van der Waals surface area contributed by atoms with Crippen LogP contribution in [-0.4, -0.2) is 11.6 Å². The highest BCUT2D eigenvalue weighted by atomic mass is 16.6. The zero-order valence-corrected chi connectivity index (χ0v) is 9.83. The maximum Gasteiger partial charge on any atom is 0.304 e. The number of hydrogen-bond acceptors (Lipinski definition) is 2.